The van der Waals surface area contributed by atoms with Crippen LogP contribution in [0.1, 0.15) is 37.1 Å². The van der Waals surface area contributed by atoms with E-state index in [4.69, 9.17) is 11.6 Å². The molecule has 17 heavy (non-hydrogen) atoms. The molecule has 2 fully saturated rings. The highest BCUT2D eigenvalue weighted by Crippen LogP contribution is 2.35. The van der Waals surface area contributed by atoms with Gasteiger partial charge in [0.1, 0.15) is 0 Å². The molecule has 4 heteroatoms. The number of nitrogens with zero attached hydrogens (tertiary/aromatic N) is 2. The van der Waals surface area contributed by atoms with Gasteiger partial charge < -0.3 is 0 Å². The summed E-state index contributed by atoms with van der Waals surface area (Å²) >= 11 is 6.23. The lowest BCUT2D eigenvalue weighted by Crippen LogP contribution is -2.42. The molecule has 1 aromatic heterocycles. The van der Waals surface area contributed by atoms with Gasteiger partial charge in [0.15, 0.2) is 0 Å². The molecule has 2 atom stereocenters. The van der Waals surface area contributed by atoms with E-state index in [1.54, 1.807) is 0 Å². The van der Waals surface area contributed by atoms with Crippen molar-refractivity contribution >= 4 is 11.6 Å². The van der Waals surface area contributed by atoms with Crippen LogP contribution in [0.15, 0.2) is 0 Å². The lowest BCUT2D eigenvalue weighted by atomic mass is 9.78. The lowest BCUT2D eigenvalue weighted by molar-refractivity contribution is 0.0799. The first kappa shape index (κ1) is 11.5. The summed E-state index contributed by atoms with van der Waals surface area (Å²) in [6, 6.07) is 0. The Labute approximate surface area is 108 Å². The van der Waals surface area contributed by atoms with Crippen LogP contribution in [0.2, 0.25) is 5.02 Å². The molecule has 1 aromatic rings. The van der Waals surface area contributed by atoms with E-state index in [2.05, 4.69) is 15.1 Å². The summed E-state index contributed by atoms with van der Waals surface area (Å²) in [5.74, 6) is 1.84. The number of H-pyrrole nitrogens is 1. The van der Waals surface area contributed by atoms with E-state index >= 15 is 0 Å². The van der Waals surface area contributed by atoms with Crippen LogP contribution >= 0.6 is 11.6 Å². The van der Waals surface area contributed by atoms with E-state index in [1.165, 1.54) is 38.8 Å². The molecule has 0 radical (unpaired) electrons. The van der Waals surface area contributed by atoms with Crippen molar-refractivity contribution in [1.29, 1.82) is 0 Å². The Morgan fingerprint density at radius 1 is 1.35 bits per heavy atom. The fourth-order valence-electron chi connectivity index (χ4n) is 3.45. The quantitative estimate of drug-likeness (QED) is 0.879. The molecule has 1 saturated heterocycles. The van der Waals surface area contributed by atoms with E-state index in [0.29, 0.717) is 0 Å². The van der Waals surface area contributed by atoms with Crippen LogP contribution in [0.3, 0.4) is 0 Å². The molecule has 2 bridgehead atoms. The Bertz CT molecular complexity index is 389. The van der Waals surface area contributed by atoms with Crippen LogP contribution in [0.25, 0.3) is 0 Å². The van der Waals surface area contributed by atoms with Crippen LogP contribution in [-0.2, 0) is 6.54 Å². The molecule has 1 aliphatic heterocycles. The summed E-state index contributed by atoms with van der Waals surface area (Å²) in [5, 5.41) is 8.09. The highest BCUT2D eigenvalue weighted by atomic mass is 35.5. The van der Waals surface area contributed by atoms with Gasteiger partial charge in [-0.05, 0) is 38.0 Å². The van der Waals surface area contributed by atoms with Crippen molar-refractivity contribution in [2.24, 2.45) is 11.8 Å². The number of halogens is 1. The number of hydrogen-bond donors (Lipinski definition) is 1. The molecule has 1 saturated carbocycles. The van der Waals surface area contributed by atoms with Gasteiger partial charge in [-0.25, -0.2) is 0 Å². The van der Waals surface area contributed by atoms with Gasteiger partial charge in [0.05, 0.1) is 16.4 Å². The third-order valence-electron chi connectivity index (χ3n) is 4.24. The predicted molar refractivity (Wildman–Crippen MR) is 69.1 cm³/mol. The second-order valence-electron chi connectivity index (χ2n) is 5.70. The van der Waals surface area contributed by atoms with E-state index in [9.17, 15) is 0 Å². The van der Waals surface area contributed by atoms with Crippen LogP contribution < -0.4 is 0 Å². The molecule has 0 aromatic carbocycles. The molecule has 3 rings (SSSR count). The fraction of sp³-hybridized carbons (Fsp3) is 0.769. The third-order valence-corrected chi connectivity index (χ3v) is 4.74. The highest BCUT2D eigenvalue weighted by molar-refractivity contribution is 6.31. The van der Waals surface area contributed by atoms with Gasteiger partial charge in [-0.15, -0.1) is 0 Å². The Hall–Kier alpha value is -0.540. The minimum atomic E-state index is 0.820. The molecule has 2 heterocycles. The van der Waals surface area contributed by atoms with Gasteiger partial charge in [0, 0.05) is 19.6 Å². The van der Waals surface area contributed by atoms with Crippen molar-refractivity contribution in [2.75, 3.05) is 13.1 Å². The van der Waals surface area contributed by atoms with E-state index < -0.39 is 0 Å². The number of fused-ring (bicyclic) bond motifs is 2. The summed E-state index contributed by atoms with van der Waals surface area (Å²) in [6.45, 7) is 5.36. The van der Waals surface area contributed by atoms with Gasteiger partial charge in [-0.3, -0.25) is 10.00 Å². The number of piperidine rings is 1. The zero-order chi connectivity index (χ0) is 11.8. The Kier molecular flexibility index (Phi) is 3.14. The number of aromatic nitrogens is 2. The second kappa shape index (κ2) is 4.62. The molecular weight excluding hydrogens is 234 g/mol. The van der Waals surface area contributed by atoms with E-state index in [1.807, 2.05) is 6.92 Å². The van der Waals surface area contributed by atoms with E-state index in [0.717, 1.165) is 34.8 Å². The maximum Gasteiger partial charge on any atom is 0.0951 e. The van der Waals surface area contributed by atoms with Crippen LogP contribution in [0, 0.1) is 18.8 Å². The molecule has 94 valence electrons. The minimum absolute atomic E-state index is 0.820. The first-order valence-corrected chi connectivity index (χ1v) is 7.02. The Morgan fingerprint density at radius 2 is 2.06 bits per heavy atom. The van der Waals surface area contributed by atoms with Gasteiger partial charge in [-0.2, -0.15) is 5.10 Å². The van der Waals surface area contributed by atoms with Crippen LogP contribution in [-0.4, -0.2) is 28.2 Å². The summed E-state index contributed by atoms with van der Waals surface area (Å²) in [6.07, 6.45) is 5.72. The SMILES string of the molecule is Cc1[nH]nc(CN2C[C@H]3CCC[C@@H](C3)C2)c1Cl. The summed E-state index contributed by atoms with van der Waals surface area (Å²) in [7, 11) is 0. The molecule has 0 amide bonds. The monoisotopic (exact) mass is 253 g/mol. The van der Waals surface area contributed by atoms with Crippen molar-refractivity contribution in [3.63, 3.8) is 0 Å². The van der Waals surface area contributed by atoms with Crippen molar-refractivity contribution < 1.29 is 0 Å². The first-order valence-electron chi connectivity index (χ1n) is 6.64. The van der Waals surface area contributed by atoms with Crippen molar-refractivity contribution in [2.45, 2.75) is 39.2 Å². The number of likely N-dealkylation sites (tertiary alicyclic amines) is 1. The summed E-state index contributed by atoms with van der Waals surface area (Å²) in [4.78, 5) is 2.54. The number of rotatable bonds is 2. The zero-order valence-electron chi connectivity index (χ0n) is 10.4. The van der Waals surface area contributed by atoms with Crippen LogP contribution in [0.4, 0.5) is 0 Å². The molecule has 0 spiro atoms. The Balaban J connectivity index is 1.67. The molecule has 3 nitrogen and oxygen atoms in total. The summed E-state index contributed by atoms with van der Waals surface area (Å²) in [5.41, 5.74) is 2.00. The molecular formula is C13H20ClN3. The van der Waals surface area contributed by atoms with E-state index in [-0.39, 0.29) is 0 Å². The average Bonchev–Trinajstić information content (AvgIpc) is 2.61. The molecule has 2 aliphatic rings. The normalized spacial score (nSPS) is 29.5. The largest absolute Gasteiger partial charge is 0.297 e. The number of nitrogens with one attached hydrogen (secondary N) is 1. The lowest BCUT2D eigenvalue weighted by Gasteiger charge is -2.41. The van der Waals surface area contributed by atoms with Crippen molar-refractivity contribution in [3.05, 3.63) is 16.4 Å². The fourth-order valence-corrected chi connectivity index (χ4v) is 3.59. The topological polar surface area (TPSA) is 31.9 Å². The van der Waals surface area contributed by atoms with Gasteiger partial charge >= 0.3 is 0 Å². The molecule has 1 aliphatic carbocycles. The molecule has 1 N–H and O–H groups in total. The Morgan fingerprint density at radius 3 is 2.65 bits per heavy atom. The third kappa shape index (κ3) is 2.36. The maximum atomic E-state index is 6.23. The average molecular weight is 254 g/mol. The number of aryl methyl sites for hydroxylation is 1. The zero-order valence-corrected chi connectivity index (χ0v) is 11.1. The maximum absolute atomic E-state index is 6.23. The molecule has 0 unspecified atom stereocenters. The second-order valence-corrected chi connectivity index (χ2v) is 6.08. The standard InChI is InChI=1S/C13H20ClN3/c1-9-13(14)12(16-15-9)8-17-6-10-3-2-4-11(5-10)7-17/h10-11H,2-8H2,1H3,(H,15,16)/t10-,11-/m0/s1. The highest BCUT2D eigenvalue weighted by Gasteiger charge is 2.30. The predicted octanol–water partition coefficient (Wildman–Crippen LogP) is 2.99. The smallest absolute Gasteiger partial charge is 0.0951 e. The summed E-state index contributed by atoms with van der Waals surface area (Å²) < 4.78 is 0. The van der Waals surface area contributed by atoms with Crippen molar-refractivity contribution in [1.82, 2.24) is 15.1 Å². The number of aromatic amines is 1. The van der Waals surface area contributed by atoms with Gasteiger partial charge in [0.2, 0.25) is 0 Å². The number of hydrogen-bond acceptors (Lipinski definition) is 2. The van der Waals surface area contributed by atoms with Gasteiger partial charge in [-0.1, -0.05) is 18.0 Å². The minimum Gasteiger partial charge on any atom is -0.297 e. The van der Waals surface area contributed by atoms with Gasteiger partial charge in [0.25, 0.3) is 0 Å². The van der Waals surface area contributed by atoms with Crippen LogP contribution in [0.5, 0.6) is 0 Å². The first-order chi connectivity index (χ1) is 8.22. The van der Waals surface area contributed by atoms with Crippen molar-refractivity contribution in [3.8, 4) is 0 Å².